The Kier molecular flexibility index (Phi) is 4.64. The van der Waals surface area contributed by atoms with Crippen molar-refractivity contribution < 1.29 is 14.6 Å². The number of hydrogen-bond acceptors (Lipinski definition) is 3. The second-order valence-corrected chi connectivity index (χ2v) is 3.63. The van der Waals surface area contributed by atoms with E-state index in [0.29, 0.717) is 5.75 Å². The Morgan fingerprint density at radius 3 is 2.81 bits per heavy atom. The first-order chi connectivity index (χ1) is 7.63. The fourth-order valence-electron chi connectivity index (χ4n) is 1.14. The SMILES string of the molecule is CCC(C)NC(=O)COc1ccccc1O. The van der Waals surface area contributed by atoms with Crippen molar-refractivity contribution in [2.75, 3.05) is 6.61 Å². The molecule has 0 bridgehead atoms. The average Bonchev–Trinajstić information content (AvgIpc) is 2.28. The van der Waals surface area contributed by atoms with Crippen molar-refractivity contribution in [1.29, 1.82) is 0 Å². The first kappa shape index (κ1) is 12.4. The minimum Gasteiger partial charge on any atom is -0.504 e. The van der Waals surface area contributed by atoms with Crippen LogP contribution in [-0.4, -0.2) is 23.7 Å². The van der Waals surface area contributed by atoms with E-state index in [1.165, 1.54) is 6.07 Å². The van der Waals surface area contributed by atoms with Crippen LogP contribution in [0, 0.1) is 0 Å². The fraction of sp³-hybridized carbons (Fsp3) is 0.417. The number of carbonyl (C=O) groups is 1. The third-order valence-electron chi connectivity index (χ3n) is 2.24. The van der Waals surface area contributed by atoms with Gasteiger partial charge in [0.1, 0.15) is 0 Å². The summed E-state index contributed by atoms with van der Waals surface area (Å²) in [6, 6.07) is 6.71. The molecule has 1 unspecified atom stereocenters. The molecule has 0 heterocycles. The molecule has 1 aromatic rings. The highest BCUT2D eigenvalue weighted by Gasteiger charge is 2.07. The van der Waals surface area contributed by atoms with E-state index in [4.69, 9.17) is 4.74 Å². The molecule has 0 aliphatic rings. The third kappa shape index (κ3) is 3.81. The van der Waals surface area contributed by atoms with Crippen LogP contribution in [0.15, 0.2) is 24.3 Å². The van der Waals surface area contributed by atoms with Crippen molar-refractivity contribution in [2.45, 2.75) is 26.3 Å². The molecule has 1 atom stereocenters. The number of ether oxygens (including phenoxy) is 1. The van der Waals surface area contributed by atoms with Crippen LogP contribution in [0.4, 0.5) is 0 Å². The van der Waals surface area contributed by atoms with Gasteiger partial charge in [0.15, 0.2) is 18.1 Å². The number of benzene rings is 1. The highest BCUT2D eigenvalue weighted by Crippen LogP contribution is 2.23. The lowest BCUT2D eigenvalue weighted by atomic mass is 10.2. The van der Waals surface area contributed by atoms with Gasteiger partial charge in [0.25, 0.3) is 5.91 Å². The molecule has 0 aliphatic carbocycles. The normalized spacial score (nSPS) is 11.9. The van der Waals surface area contributed by atoms with Gasteiger partial charge < -0.3 is 15.2 Å². The molecule has 0 aliphatic heterocycles. The van der Waals surface area contributed by atoms with Gasteiger partial charge in [-0.3, -0.25) is 4.79 Å². The fourth-order valence-corrected chi connectivity index (χ4v) is 1.14. The second kappa shape index (κ2) is 6.00. The first-order valence-corrected chi connectivity index (χ1v) is 5.33. The molecule has 0 spiro atoms. The highest BCUT2D eigenvalue weighted by atomic mass is 16.5. The van der Waals surface area contributed by atoms with E-state index in [9.17, 15) is 9.90 Å². The monoisotopic (exact) mass is 223 g/mol. The number of para-hydroxylation sites is 2. The van der Waals surface area contributed by atoms with Gasteiger partial charge in [-0.15, -0.1) is 0 Å². The summed E-state index contributed by atoms with van der Waals surface area (Å²) in [5.74, 6) is 0.179. The van der Waals surface area contributed by atoms with E-state index < -0.39 is 0 Å². The zero-order valence-corrected chi connectivity index (χ0v) is 9.56. The van der Waals surface area contributed by atoms with Gasteiger partial charge in [-0.25, -0.2) is 0 Å². The number of nitrogens with one attached hydrogen (secondary N) is 1. The maximum atomic E-state index is 11.4. The van der Waals surface area contributed by atoms with Crippen LogP contribution in [0.5, 0.6) is 11.5 Å². The van der Waals surface area contributed by atoms with Gasteiger partial charge in [-0.2, -0.15) is 0 Å². The van der Waals surface area contributed by atoms with Crippen LogP contribution < -0.4 is 10.1 Å². The van der Waals surface area contributed by atoms with Gasteiger partial charge in [0, 0.05) is 6.04 Å². The minimum absolute atomic E-state index is 0.0406. The molecule has 0 radical (unpaired) electrons. The average molecular weight is 223 g/mol. The summed E-state index contributed by atoms with van der Waals surface area (Å²) in [4.78, 5) is 11.4. The second-order valence-electron chi connectivity index (χ2n) is 3.63. The van der Waals surface area contributed by atoms with Crippen molar-refractivity contribution >= 4 is 5.91 Å². The van der Waals surface area contributed by atoms with Crippen molar-refractivity contribution in [1.82, 2.24) is 5.32 Å². The zero-order chi connectivity index (χ0) is 12.0. The topological polar surface area (TPSA) is 58.6 Å². The third-order valence-corrected chi connectivity index (χ3v) is 2.24. The molecule has 1 aromatic carbocycles. The minimum atomic E-state index is -0.183. The molecule has 1 rings (SSSR count). The lowest BCUT2D eigenvalue weighted by Gasteiger charge is -2.12. The Bertz CT molecular complexity index is 352. The van der Waals surface area contributed by atoms with Crippen molar-refractivity contribution in [3.63, 3.8) is 0 Å². The van der Waals surface area contributed by atoms with E-state index >= 15 is 0 Å². The number of phenolic OH excluding ortho intramolecular Hbond substituents is 1. The molecule has 4 nitrogen and oxygen atoms in total. The van der Waals surface area contributed by atoms with Gasteiger partial charge in [-0.1, -0.05) is 19.1 Å². The standard InChI is InChI=1S/C12H17NO3/c1-3-9(2)13-12(15)8-16-11-7-5-4-6-10(11)14/h4-7,9,14H,3,8H2,1-2H3,(H,13,15). The highest BCUT2D eigenvalue weighted by molar-refractivity contribution is 5.77. The van der Waals surface area contributed by atoms with Crippen LogP contribution in [0.2, 0.25) is 0 Å². The molecular weight excluding hydrogens is 206 g/mol. The largest absolute Gasteiger partial charge is 0.504 e. The molecule has 0 saturated heterocycles. The summed E-state index contributed by atoms with van der Waals surface area (Å²) >= 11 is 0. The lowest BCUT2D eigenvalue weighted by Crippen LogP contribution is -2.35. The van der Waals surface area contributed by atoms with E-state index in [0.717, 1.165) is 6.42 Å². The van der Waals surface area contributed by atoms with Crippen LogP contribution >= 0.6 is 0 Å². The summed E-state index contributed by atoms with van der Waals surface area (Å²) in [5.41, 5.74) is 0. The van der Waals surface area contributed by atoms with Gasteiger partial charge >= 0.3 is 0 Å². The number of rotatable bonds is 5. The van der Waals surface area contributed by atoms with Crippen molar-refractivity contribution in [2.24, 2.45) is 0 Å². The molecule has 4 heteroatoms. The van der Waals surface area contributed by atoms with E-state index in [1.807, 2.05) is 13.8 Å². The predicted molar refractivity (Wildman–Crippen MR) is 61.5 cm³/mol. The Morgan fingerprint density at radius 1 is 1.50 bits per heavy atom. The molecule has 0 saturated carbocycles. The summed E-state index contributed by atoms with van der Waals surface area (Å²) < 4.78 is 5.18. The van der Waals surface area contributed by atoms with E-state index in [2.05, 4.69) is 5.32 Å². The van der Waals surface area contributed by atoms with Crippen LogP contribution in [0.25, 0.3) is 0 Å². The number of amides is 1. The Morgan fingerprint density at radius 2 is 2.19 bits per heavy atom. The maximum Gasteiger partial charge on any atom is 0.258 e. The number of phenols is 1. The summed E-state index contributed by atoms with van der Waals surface area (Å²) in [6.07, 6.45) is 0.877. The quantitative estimate of drug-likeness (QED) is 0.798. The van der Waals surface area contributed by atoms with Crippen LogP contribution in [0.3, 0.4) is 0 Å². The summed E-state index contributed by atoms with van der Waals surface area (Å²) in [5, 5.41) is 12.2. The Balaban J connectivity index is 2.40. The molecule has 1 amide bonds. The van der Waals surface area contributed by atoms with Gasteiger partial charge in [0.2, 0.25) is 0 Å². The number of carbonyl (C=O) groups excluding carboxylic acids is 1. The lowest BCUT2D eigenvalue weighted by molar-refractivity contribution is -0.123. The number of aromatic hydroxyl groups is 1. The van der Waals surface area contributed by atoms with Crippen molar-refractivity contribution in [3.8, 4) is 11.5 Å². The van der Waals surface area contributed by atoms with Crippen LogP contribution in [0.1, 0.15) is 20.3 Å². The van der Waals surface area contributed by atoms with Gasteiger partial charge in [-0.05, 0) is 25.5 Å². The molecule has 0 aromatic heterocycles. The Labute approximate surface area is 95.2 Å². The van der Waals surface area contributed by atoms with Crippen molar-refractivity contribution in [3.05, 3.63) is 24.3 Å². The van der Waals surface area contributed by atoms with E-state index in [1.54, 1.807) is 18.2 Å². The number of hydrogen-bond donors (Lipinski definition) is 2. The van der Waals surface area contributed by atoms with Crippen LogP contribution in [-0.2, 0) is 4.79 Å². The van der Waals surface area contributed by atoms with Gasteiger partial charge in [0.05, 0.1) is 0 Å². The van der Waals surface area contributed by atoms with E-state index in [-0.39, 0.29) is 24.3 Å². The zero-order valence-electron chi connectivity index (χ0n) is 9.56. The molecular formula is C12H17NO3. The Hall–Kier alpha value is -1.71. The predicted octanol–water partition coefficient (Wildman–Crippen LogP) is 1.69. The molecule has 16 heavy (non-hydrogen) atoms. The molecule has 2 N–H and O–H groups in total. The first-order valence-electron chi connectivity index (χ1n) is 5.33. The summed E-state index contributed by atoms with van der Waals surface area (Å²) in [7, 11) is 0. The maximum absolute atomic E-state index is 11.4. The molecule has 88 valence electrons. The summed E-state index contributed by atoms with van der Waals surface area (Å²) in [6.45, 7) is 3.84. The molecule has 0 fully saturated rings. The smallest absolute Gasteiger partial charge is 0.258 e.